The summed E-state index contributed by atoms with van der Waals surface area (Å²) in [5.41, 5.74) is 6.04. The molecule has 0 aromatic rings. The molecule has 0 spiro atoms. The van der Waals surface area contributed by atoms with Gasteiger partial charge in [-0.2, -0.15) is 0 Å². The molecule has 0 unspecified atom stereocenters. The minimum atomic E-state index is -0.333. The number of rotatable bonds is 5. The first kappa shape index (κ1) is 12.5. The number of nitrogens with two attached hydrogens (primary N) is 1. The van der Waals surface area contributed by atoms with Gasteiger partial charge in [0.05, 0.1) is 6.04 Å². The zero-order valence-electron chi connectivity index (χ0n) is 10.0. The Morgan fingerprint density at radius 3 is 2.47 bits per heavy atom. The van der Waals surface area contributed by atoms with E-state index in [4.69, 9.17) is 5.73 Å². The predicted molar refractivity (Wildman–Crippen MR) is 62.5 cm³/mol. The zero-order valence-corrected chi connectivity index (χ0v) is 10.0. The van der Waals surface area contributed by atoms with Crippen molar-refractivity contribution < 1.29 is 4.79 Å². The maximum absolute atomic E-state index is 11.6. The highest BCUT2D eigenvalue weighted by Crippen LogP contribution is 2.40. The number of hydrogen-bond acceptors (Lipinski definition) is 2. The van der Waals surface area contributed by atoms with Crippen LogP contribution in [0.4, 0.5) is 0 Å². The second kappa shape index (κ2) is 5.50. The summed E-state index contributed by atoms with van der Waals surface area (Å²) in [6.07, 6.45) is 7.00. The molecule has 1 saturated carbocycles. The van der Waals surface area contributed by atoms with Gasteiger partial charge in [0.25, 0.3) is 0 Å². The van der Waals surface area contributed by atoms with Crippen LogP contribution in [0.5, 0.6) is 0 Å². The van der Waals surface area contributed by atoms with Crippen LogP contribution in [-0.2, 0) is 4.79 Å². The Hall–Kier alpha value is -0.570. The normalized spacial score (nSPS) is 21.3. The SMILES string of the molecule is CC[C@@H](N)C(=O)NCC1(CC)CCCC1. The molecule has 88 valence electrons. The Labute approximate surface area is 92.8 Å². The molecule has 15 heavy (non-hydrogen) atoms. The Morgan fingerprint density at radius 1 is 1.40 bits per heavy atom. The number of carbonyl (C=O) groups excluding carboxylic acids is 1. The molecular weight excluding hydrogens is 188 g/mol. The van der Waals surface area contributed by atoms with Crippen LogP contribution < -0.4 is 11.1 Å². The predicted octanol–water partition coefficient (Wildman–Crippen LogP) is 1.81. The van der Waals surface area contributed by atoms with Gasteiger partial charge in [0.1, 0.15) is 0 Å². The monoisotopic (exact) mass is 212 g/mol. The van der Waals surface area contributed by atoms with Gasteiger partial charge in [-0.1, -0.05) is 26.7 Å². The summed E-state index contributed by atoms with van der Waals surface area (Å²) in [6, 6.07) is -0.333. The molecule has 0 bridgehead atoms. The summed E-state index contributed by atoms with van der Waals surface area (Å²) < 4.78 is 0. The number of amides is 1. The maximum Gasteiger partial charge on any atom is 0.236 e. The summed E-state index contributed by atoms with van der Waals surface area (Å²) in [7, 11) is 0. The Morgan fingerprint density at radius 2 is 2.00 bits per heavy atom. The van der Waals surface area contributed by atoms with Crippen molar-refractivity contribution in [1.29, 1.82) is 0 Å². The lowest BCUT2D eigenvalue weighted by molar-refractivity contribution is -0.122. The smallest absolute Gasteiger partial charge is 0.236 e. The molecule has 3 nitrogen and oxygen atoms in total. The fourth-order valence-corrected chi connectivity index (χ4v) is 2.37. The quantitative estimate of drug-likeness (QED) is 0.730. The van der Waals surface area contributed by atoms with Crippen LogP contribution in [0.3, 0.4) is 0 Å². The Kier molecular flexibility index (Phi) is 4.58. The third-order valence-electron chi connectivity index (χ3n) is 3.83. The third kappa shape index (κ3) is 3.20. The zero-order chi connectivity index (χ0) is 11.3. The first-order chi connectivity index (χ1) is 7.13. The van der Waals surface area contributed by atoms with E-state index in [1.165, 1.54) is 25.7 Å². The summed E-state index contributed by atoms with van der Waals surface area (Å²) in [5.74, 6) is 0.0113. The summed E-state index contributed by atoms with van der Waals surface area (Å²) in [5, 5.41) is 3.00. The van der Waals surface area contributed by atoms with Crippen molar-refractivity contribution in [3.8, 4) is 0 Å². The lowest BCUT2D eigenvalue weighted by Crippen LogP contribution is -2.44. The van der Waals surface area contributed by atoms with Gasteiger partial charge in [-0.05, 0) is 31.1 Å². The average Bonchev–Trinajstić information content (AvgIpc) is 2.74. The van der Waals surface area contributed by atoms with Gasteiger partial charge in [-0.3, -0.25) is 4.79 Å². The van der Waals surface area contributed by atoms with Crippen LogP contribution >= 0.6 is 0 Å². The van der Waals surface area contributed by atoms with Gasteiger partial charge < -0.3 is 11.1 Å². The summed E-state index contributed by atoms with van der Waals surface area (Å²) >= 11 is 0. The third-order valence-corrected chi connectivity index (χ3v) is 3.83. The van der Waals surface area contributed by atoms with E-state index in [0.29, 0.717) is 11.8 Å². The first-order valence-corrected chi connectivity index (χ1v) is 6.17. The Balaban J connectivity index is 2.37. The molecule has 0 aromatic carbocycles. The molecule has 3 N–H and O–H groups in total. The minimum absolute atomic E-state index is 0.0113. The average molecular weight is 212 g/mol. The van der Waals surface area contributed by atoms with Crippen LogP contribution in [0.2, 0.25) is 0 Å². The van der Waals surface area contributed by atoms with Crippen molar-refractivity contribution in [2.24, 2.45) is 11.1 Å². The van der Waals surface area contributed by atoms with E-state index in [-0.39, 0.29) is 11.9 Å². The molecule has 1 aliphatic rings. The fourth-order valence-electron chi connectivity index (χ4n) is 2.37. The molecule has 1 rings (SSSR count). The van der Waals surface area contributed by atoms with Crippen LogP contribution in [0.1, 0.15) is 52.4 Å². The Bertz CT molecular complexity index is 210. The van der Waals surface area contributed by atoms with E-state index >= 15 is 0 Å². The van der Waals surface area contributed by atoms with Crippen molar-refractivity contribution in [3.05, 3.63) is 0 Å². The van der Waals surface area contributed by atoms with Gasteiger partial charge in [-0.15, -0.1) is 0 Å². The van der Waals surface area contributed by atoms with Crippen LogP contribution in [0.25, 0.3) is 0 Å². The van der Waals surface area contributed by atoms with E-state index < -0.39 is 0 Å². The lowest BCUT2D eigenvalue weighted by atomic mass is 9.83. The van der Waals surface area contributed by atoms with Gasteiger partial charge in [-0.25, -0.2) is 0 Å². The largest absolute Gasteiger partial charge is 0.354 e. The molecule has 1 atom stereocenters. The minimum Gasteiger partial charge on any atom is -0.354 e. The van der Waals surface area contributed by atoms with Gasteiger partial charge >= 0.3 is 0 Å². The second-order valence-corrected chi connectivity index (χ2v) is 4.79. The van der Waals surface area contributed by atoms with E-state index in [1.807, 2.05) is 6.92 Å². The molecular formula is C12H24N2O. The lowest BCUT2D eigenvalue weighted by Gasteiger charge is -2.28. The molecule has 1 aliphatic carbocycles. The first-order valence-electron chi connectivity index (χ1n) is 6.17. The van der Waals surface area contributed by atoms with Gasteiger partial charge in [0, 0.05) is 6.54 Å². The number of nitrogens with one attached hydrogen (secondary N) is 1. The summed E-state index contributed by atoms with van der Waals surface area (Å²) in [6.45, 7) is 4.97. The van der Waals surface area contributed by atoms with Crippen LogP contribution in [-0.4, -0.2) is 18.5 Å². The van der Waals surface area contributed by atoms with Crippen LogP contribution in [0, 0.1) is 5.41 Å². The van der Waals surface area contributed by atoms with Gasteiger partial charge in [0.2, 0.25) is 5.91 Å². The molecule has 0 heterocycles. The molecule has 1 fully saturated rings. The van der Waals surface area contributed by atoms with E-state index in [9.17, 15) is 4.79 Å². The standard InChI is InChI=1S/C12H24N2O/c1-3-10(13)11(15)14-9-12(4-2)7-5-6-8-12/h10H,3-9,13H2,1-2H3,(H,14,15)/t10-/m1/s1. The highest BCUT2D eigenvalue weighted by molar-refractivity contribution is 5.81. The van der Waals surface area contributed by atoms with Crippen molar-refractivity contribution in [3.63, 3.8) is 0 Å². The number of carbonyl (C=O) groups is 1. The van der Waals surface area contributed by atoms with Crippen molar-refractivity contribution in [2.75, 3.05) is 6.54 Å². The molecule has 0 aromatic heterocycles. The summed E-state index contributed by atoms with van der Waals surface area (Å²) in [4.78, 5) is 11.6. The molecule has 0 aliphatic heterocycles. The molecule has 3 heteroatoms. The van der Waals surface area contributed by atoms with E-state index in [1.54, 1.807) is 0 Å². The van der Waals surface area contributed by atoms with Crippen LogP contribution in [0.15, 0.2) is 0 Å². The van der Waals surface area contributed by atoms with Crippen molar-refractivity contribution in [1.82, 2.24) is 5.32 Å². The maximum atomic E-state index is 11.6. The highest BCUT2D eigenvalue weighted by atomic mass is 16.2. The van der Waals surface area contributed by atoms with Crippen molar-refractivity contribution in [2.45, 2.75) is 58.4 Å². The molecule has 1 amide bonds. The number of hydrogen-bond donors (Lipinski definition) is 2. The topological polar surface area (TPSA) is 55.1 Å². The molecule has 0 radical (unpaired) electrons. The van der Waals surface area contributed by atoms with Crippen molar-refractivity contribution >= 4 is 5.91 Å². The van der Waals surface area contributed by atoms with Gasteiger partial charge in [0.15, 0.2) is 0 Å². The van der Waals surface area contributed by atoms with E-state index in [2.05, 4.69) is 12.2 Å². The fraction of sp³-hybridized carbons (Fsp3) is 0.917. The second-order valence-electron chi connectivity index (χ2n) is 4.79. The highest BCUT2D eigenvalue weighted by Gasteiger charge is 2.32. The van der Waals surface area contributed by atoms with E-state index in [0.717, 1.165) is 13.0 Å². The molecule has 0 saturated heterocycles.